The number of ketones is 1. The summed E-state index contributed by atoms with van der Waals surface area (Å²) in [7, 11) is 0. The lowest BCUT2D eigenvalue weighted by Crippen LogP contribution is -2.05. The molecule has 0 spiro atoms. The first-order valence-electron chi connectivity index (χ1n) is 8.51. The second-order valence-corrected chi connectivity index (χ2v) is 6.13. The van der Waals surface area contributed by atoms with Crippen LogP contribution in [-0.4, -0.2) is 11.5 Å². The Morgan fingerprint density at radius 2 is 1.48 bits per heavy atom. The highest BCUT2D eigenvalue weighted by Crippen LogP contribution is 2.15. The van der Waals surface area contributed by atoms with E-state index in [9.17, 15) is 4.79 Å². The highest BCUT2D eigenvalue weighted by molar-refractivity contribution is 7.81. The van der Waals surface area contributed by atoms with Crippen molar-refractivity contribution in [2.24, 2.45) is 0 Å². The minimum Gasteiger partial charge on any atom is -0.293 e. The Bertz CT molecular complexity index is 400. The Kier molecular flexibility index (Phi) is 10.3. The highest BCUT2D eigenvalue weighted by atomic mass is 32.1. The van der Waals surface area contributed by atoms with E-state index in [1.807, 2.05) is 18.2 Å². The van der Waals surface area contributed by atoms with Crippen LogP contribution in [0.15, 0.2) is 24.3 Å². The van der Waals surface area contributed by atoms with Gasteiger partial charge in [0, 0.05) is 5.56 Å². The smallest absolute Gasteiger partial charge is 0.172 e. The number of hydrogen-bond acceptors (Lipinski definition) is 2. The molecule has 0 aliphatic carbocycles. The number of Topliss-reactive ketones (excluding diaryl/α,β-unsaturated/α-hetero) is 1. The van der Waals surface area contributed by atoms with Crippen molar-refractivity contribution >= 4 is 18.4 Å². The quantitative estimate of drug-likeness (QED) is 0.290. The fourth-order valence-corrected chi connectivity index (χ4v) is 2.89. The Hall–Kier alpha value is -0.760. The van der Waals surface area contributed by atoms with Gasteiger partial charge in [-0.15, -0.1) is 0 Å². The predicted octanol–water partition coefficient (Wildman–Crippen LogP) is 5.87. The van der Waals surface area contributed by atoms with Crippen molar-refractivity contribution in [2.75, 3.05) is 5.75 Å². The third-order valence-electron chi connectivity index (χ3n) is 4.01. The van der Waals surface area contributed by atoms with E-state index in [1.54, 1.807) is 0 Å². The molecule has 2 heteroatoms. The number of carbonyl (C=O) groups is 1. The van der Waals surface area contributed by atoms with Gasteiger partial charge in [0.05, 0.1) is 5.75 Å². The summed E-state index contributed by atoms with van der Waals surface area (Å²) in [6.07, 6.45) is 13.1. The van der Waals surface area contributed by atoms with Crippen LogP contribution in [0.4, 0.5) is 0 Å². The standard InChI is InChI=1S/C19H30OS/c1-2-3-4-5-6-7-8-9-10-13-17-14-11-12-15-18(17)19(20)16-21/h11-12,14-15,21H,2-10,13,16H2,1H3. The predicted molar refractivity (Wildman–Crippen MR) is 95.6 cm³/mol. The number of hydrogen-bond donors (Lipinski definition) is 1. The van der Waals surface area contributed by atoms with Crippen molar-refractivity contribution < 1.29 is 4.79 Å². The lowest BCUT2D eigenvalue weighted by atomic mass is 9.98. The Morgan fingerprint density at radius 1 is 0.905 bits per heavy atom. The van der Waals surface area contributed by atoms with Crippen LogP contribution >= 0.6 is 12.6 Å². The van der Waals surface area contributed by atoms with Gasteiger partial charge in [-0.1, -0.05) is 82.6 Å². The van der Waals surface area contributed by atoms with Gasteiger partial charge in [0.1, 0.15) is 0 Å². The van der Waals surface area contributed by atoms with E-state index in [1.165, 1.54) is 63.4 Å². The molecule has 1 rings (SSSR count). The third-order valence-corrected chi connectivity index (χ3v) is 4.30. The van der Waals surface area contributed by atoms with Gasteiger partial charge in [0.25, 0.3) is 0 Å². The topological polar surface area (TPSA) is 17.1 Å². The summed E-state index contributed by atoms with van der Waals surface area (Å²) < 4.78 is 0. The second kappa shape index (κ2) is 11.9. The van der Waals surface area contributed by atoms with Gasteiger partial charge in [-0.3, -0.25) is 4.79 Å². The molecule has 0 N–H and O–H groups in total. The number of benzene rings is 1. The van der Waals surface area contributed by atoms with E-state index in [0.717, 1.165) is 12.0 Å². The van der Waals surface area contributed by atoms with Crippen LogP contribution in [0.2, 0.25) is 0 Å². The molecular weight excluding hydrogens is 276 g/mol. The number of rotatable bonds is 12. The summed E-state index contributed by atoms with van der Waals surface area (Å²) >= 11 is 4.10. The lowest BCUT2D eigenvalue weighted by molar-refractivity contribution is 0.102. The van der Waals surface area contributed by atoms with Crippen LogP contribution < -0.4 is 0 Å². The average Bonchev–Trinajstić information content (AvgIpc) is 2.53. The molecule has 0 aromatic heterocycles. The van der Waals surface area contributed by atoms with Crippen molar-refractivity contribution in [3.05, 3.63) is 35.4 Å². The molecule has 1 aromatic rings. The zero-order chi connectivity index (χ0) is 15.3. The second-order valence-electron chi connectivity index (χ2n) is 5.82. The molecule has 0 amide bonds. The van der Waals surface area contributed by atoms with Crippen LogP contribution in [0.1, 0.15) is 80.6 Å². The largest absolute Gasteiger partial charge is 0.293 e. The maximum atomic E-state index is 11.8. The molecule has 0 aliphatic rings. The molecule has 118 valence electrons. The zero-order valence-corrected chi connectivity index (χ0v) is 14.3. The zero-order valence-electron chi connectivity index (χ0n) is 13.4. The van der Waals surface area contributed by atoms with Crippen molar-refractivity contribution in [1.29, 1.82) is 0 Å². The highest BCUT2D eigenvalue weighted by Gasteiger charge is 2.08. The van der Waals surface area contributed by atoms with Gasteiger partial charge < -0.3 is 0 Å². The van der Waals surface area contributed by atoms with Crippen LogP contribution in [0, 0.1) is 0 Å². The Balaban J connectivity index is 2.17. The SMILES string of the molecule is CCCCCCCCCCCc1ccccc1C(=O)CS. The molecule has 1 nitrogen and oxygen atoms in total. The molecule has 0 bridgehead atoms. The third kappa shape index (κ3) is 7.71. The maximum Gasteiger partial charge on any atom is 0.172 e. The summed E-state index contributed by atoms with van der Waals surface area (Å²) in [5.41, 5.74) is 2.06. The Labute approximate surface area is 135 Å². The Morgan fingerprint density at radius 3 is 2.10 bits per heavy atom. The van der Waals surface area contributed by atoms with Gasteiger partial charge in [-0.05, 0) is 18.4 Å². The van der Waals surface area contributed by atoms with Gasteiger partial charge in [-0.2, -0.15) is 12.6 Å². The first-order valence-corrected chi connectivity index (χ1v) is 9.14. The normalized spacial score (nSPS) is 10.8. The fourth-order valence-electron chi connectivity index (χ4n) is 2.72. The molecule has 21 heavy (non-hydrogen) atoms. The molecule has 0 aliphatic heterocycles. The molecular formula is C19H30OS. The summed E-state index contributed by atoms with van der Waals surface area (Å²) in [5.74, 6) is 0.444. The molecule has 0 saturated carbocycles. The number of aryl methyl sites for hydroxylation is 1. The molecule has 0 atom stereocenters. The van der Waals surface area contributed by atoms with Crippen molar-refractivity contribution in [1.82, 2.24) is 0 Å². The monoisotopic (exact) mass is 306 g/mol. The van der Waals surface area contributed by atoms with E-state index in [-0.39, 0.29) is 5.78 Å². The van der Waals surface area contributed by atoms with Crippen molar-refractivity contribution in [3.63, 3.8) is 0 Å². The molecule has 0 radical (unpaired) electrons. The van der Waals surface area contributed by atoms with Gasteiger partial charge in [0.15, 0.2) is 5.78 Å². The summed E-state index contributed by atoms with van der Waals surface area (Å²) in [6.45, 7) is 2.26. The van der Waals surface area contributed by atoms with Crippen LogP contribution in [0.25, 0.3) is 0 Å². The fraction of sp³-hybridized carbons (Fsp3) is 0.632. The molecule has 0 heterocycles. The minimum atomic E-state index is 0.143. The first-order chi connectivity index (χ1) is 10.3. The van der Waals surface area contributed by atoms with Gasteiger partial charge in [0.2, 0.25) is 0 Å². The number of unbranched alkanes of at least 4 members (excludes halogenated alkanes) is 8. The minimum absolute atomic E-state index is 0.143. The number of thiol groups is 1. The van der Waals surface area contributed by atoms with Gasteiger partial charge >= 0.3 is 0 Å². The maximum absolute atomic E-state index is 11.8. The molecule has 0 unspecified atom stereocenters. The summed E-state index contributed by atoms with van der Waals surface area (Å²) in [6, 6.07) is 7.98. The van der Waals surface area contributed by atoms with Gasteiger partial charge in [-0.25, -0.2) is 0 Å². The van der Waals surface area contributed by atoms with E-state index >= 15 is 0 Å². The van der Waals surface area contributed by atoms with E-state index < -0.39 is 0 Å². The molecule has 1 aromatic carbocycles. The van der Waals surface area contributed by atoms with Crippen LogP contribution in [0.3, 0.4) is 0 Å². The first kappa shape index (κ1) is 18.3. The van der Waals surface area contributed by atoms with Crippen molar-refractivity contribution in [2.45, 2.75) is 71.1 Å². The summed E-state index contributed by atoms with van der Waals surface area (Å²) in [4.78, 5) is 11.8. The molecule has 0 saturated heterocycles. The van der Waals surface area contributed by atoms with E-state index in [2.05, 4.69) is 25.6 Å². The van der Waals surface area contributed by atoms with Crippen LogP contribution in [-0.2, 0) is 6.42 Å². The molecule has 0 fully saturated rings. The average molecular weight is 307 g/mol. The lowest BCUT2D eigenvalue weighted by Gasteiger charge is -2.07. The summed E-state index contributed by atoms with van der Waals surface area (Å²) in [5, 5.41) is 0. The van der Waals surface area contributed by atoms with Crippen molar-refractivity contribution in [3.8, 4) is 0 Å². The number of carbonyl (C=O) groups excluding carboxylic acids is 1. The van der Waals surface area contributed by atoms with E-state index in [0.29, 0.717) is 5.75 Å². The van der Waals surface area contributed by atoms with Crippen LogP contribution in [0.5, 0.6) is 0 Å². The van der Waals surface area contributed by atoms with E-state index in [4.69, 9.17) is 0 Å².